The number of hydrogen-bond acceptors (Lipinski definition) is 5. The lowest BCUT2D eigenvalue weighted by Gasteiger charge is -2.16. The lowest BCUT2D eigenvalue weighted by atomic mass is 10.0. The summed E-state index contributed by atoms with van der Waals surface area (Å²) < 4.78 is 10.2. The number of hydrogen-bond donors (Lipinski definition) is 1. The molecule has 1 atom stereocenters. The number of esters is 2. The lowest BCUT2D eigenvalue weighted by Crippen LogP contribution is -2.43. The molecule has 0 aliphatic carbocycles. The molecule has 65 heavy (non-hydrogen) atoms. The summed E-state index contributed by atoms with van der Waals surface area (Å²) in [4.78, 5) is 36.9. The van der Waals surface area contributed by atoms with Crippen molar-refractivity contribution in [2.75, 3.05) is 13.7 Å². The molecule has 0 saturated heterocycles. The largest absolute Gasteiger partial charge is 0.467 e. The zero-order valence-electron chi connectivity index (χ0n) is 42.8. The van der Waals surface area contributed by atoms with Crippen LogP contribution in [-0.2, 0) is 30.3 Å². The van der Waals surface area contributed by atoms with Crippen LogP contribution in [0.5, 0.6) is 0 Å². The second-order valence-corrected chi connectivity index (χ2v) is 18.5. The van der Waals surface area contributed by atoms with Gasteiger partial charge in [-0.1, -0.05) is 129 Å². The second-order valence-electron chi connectivity index (χ2n) is 18.5. The van der Waals surface area contributed by atoms with Crippen molar-refractivity contribution in [1.29, 1.82) is 0 Å². The average molecular weight is 892 g/mol. The van der Waals surface area contributed by atoms with Crippen molar-refractivity contribution >= 4 is 17.8 Å². The van der Waals surface area contributed by atoms with Gasteiger partial charge in [0.25, 0.3) is 0 Å². The molecule has 6 heteroatoms. The first-order valence-corrected chi connectivity index (χ1v) is 24.5. The summed E-state index contributed by atoms with van der Waals surface area (Å²) in [7, 11) is 1.29. The van der Waals surface area contributed by atoms with Crippen LogP contribution in [0.15, 0.2) is 135 Å². The van der Waals surface area contributed by atoms with E-state index in [1.807, 2.05) is 43.3 Å². The molecule has 0 bridgehead atoms. The summed E-state index contributed by atoms with van der Waals surface area (Å²) in [5.74, 6) is -1.37. The Morgan fingerprint density at radius 3 is 1.14 bits per heavy atom. The number of amides is 1. The summed E-state index contributed by atoms with van der Waals surface area (Å²) in [6, 6.07) is 8.58. The van der Waals surface area contributed by atoms with Crippen molar-refractivity contribution < 1.29 is 23.9 Å². The number of nitrogens with one attached hydrogen (secondary N) is 1. The normalized spacial score (nSPS) is 14.0. The first kappa shape index (κ1) is 58.3. The third-order valence-electron chi connectivity index (χ3n) is 11.6. The fraction of sp³-hybridized carbons (Fsp3) is 0.542. The van der Waals surface area contributed by atoms with Crippen LogP contribution in [0.4, 0.5) is 0 Å². The number of benzene rings is 1. The number of carbonyl (C=O) groups is 3. The van der Waals surface area contributed by atoms with E-state index in [0.29, 0.717) is 6.42 Å². The van der Waals surface area contributed by atoms with Gasteiger partial charge in [-0.2, -0.15) is 0 Å². The molecule has 0 saturated carbocycles. The molecule has 1 unspecified atom stereocenters. The molecule has 360 valence electrons. The molecule has 0 aliphatic rings. The molecule has 1 rings (SSSR count). The Balaban J connectivity index is 2.25. The molecule has 0 aromatic heterocycles. The van der Waals surface area contributed by atoms with E-state index in [0.717, 1.165) is 101 Å². The van der Waals surface area contributed by atoms with E-state index in [-0.39, 0.29) is 19.4 Å². The van der Waals surface area contributed by atoms with E-state index in [4.69, 9.17) is 9.47 Å². The van der Waals surface area contributed by atoms with Gasteiger partial charge in [-0.15, -0.1) is 0 Å². The van der Waals surface area contributed by atoms with Gasteiger partial charge in [0.05, 0.1) is 13.5 Å². The molecule has 0 spiro atoms. The third-order valence-corrected chi connectivity index (χ3v) is 11.6. The first-order valence-electron chi connectivity index (χ1n) is 24.5. The van der Waals surface area contributed by atoms with E-state index >= 15 is 0 Å². The topological polar surface area (TPSA) is 81.7 Å². The predicted octanol–water partition coefficient (Wildman–Crippen LogP) is 16.0. The molecule has 1 N–H and O–H groups in total. The van der Waals surface area contributed by atoms with Crippen LogP contribution in [0.3, 0.4) is 0 Å². The number of carbonyl (C=O) groups excluding carboxylic acids is 3. The molecule has 1 aromatic carbocycles. The Labute approximate surface area is 397 Å². The maximum atomic E-state index is 12.5. The molecule has 0 aliphatic heterocycles. The van der Waals surface area contributed by atoms with Crippen molar-refractivity contribution in [3.63, 3.8) is 0 Å². The van der Waals surface area contributed by atoms with Gasteiger partial charge in [0, 0.05) is 12.8 Å². The highest BCUT2D eigenvalue weighted by atomic mass is 16.5. The Morgan fingerprint density at radius 1 is 0.462 bits per heavy atom. The third kappa shape index (κ3) is 33.4. The Hall–Kier alpha value is -4.71. The molecule has 1 aromatic rings. The van der Waals surface area contributed by atoms with Crippen molar-refractivity contribution in [2.45, 2.75) is 197 Å². The smallest absolute Gasteiger partial charge is 0.328 e. The average Bonchev–Trinajstić information content (AvgIpc) is 3.25. The van der Waals surface area contributed by atoms with Crippen LogP contribution in [0.2, 0.25) is 0 Å². The Kier molecular flexibility index (Phi) is 32.7. The van der Waals surface area contributed by atoms with Crippen LogP contribution in [0.1, 0.15) is 190 Å². The molecule has 0 radical (unpaired) electrons. The number of allylic oxidation sites excluding steroid dienone is 17. The van der Waals surface area contributed by atoms with Gasteiger partial charge >= 0.3 is 11.9 Å². The van der Waals surface area contributed by atoms with Crippen molar-refractivity contribution in [3.05, 3.63) is 141 Å². The minimum absolute atomic E-state index is 0.0590. The van der Waals surface area contributed by atoms with Crippen molar-refractivity contribution in [2.24, 2.45) is 0 Å². The first-order chi connectivity index (χ1) is 31.1. The minimum atomic E-state index is -0.817. The van der Waals surface area contributed by atoms with Crippen LogP contribution in [-0.4, -0.2) is 37.6 Å². The number of rotatable bonds is 33. The van der Waals surface area contributed by atoms with E-state index in [9.17, 15) is 14.4 Å². The minimum Gasteiger partial charge on any atom is -0.467 e. The summed E-state index contributed by atoms with van der Waals surface area (Å²) in [5, 5.41) is 2.68. The van der Waals surface area contributed by atoms with Crippen LogP contribution in [0, 0.1) is 0 Å². The van der Waals surface area contributed by atoms with Gasteiger partial charge in [0.2, 0.25) is 5.91 Å². The Bertz CT molecular complexity index is 1840. The van der Waals surface area contributed by atoms with E-state index in [1.165, 1.54) is 64.5 Å². The second kappa shape index (κ2) is 36.5. The van der Waals surface area contributed by atoms with Crippen molar-refractivity contribution in [3.8, 4) is 0 Å². The lowest BCUT2D eigenvalue weighted by molar-refractivity contribution is -0.145. The molecule has 0 fully saturated rings. The molecular weight excluding hydrogens is 803 g/mol. The van der Waals surface area contributed by atoms with Crippen molar-refractivity contribution in [1.82, 2.24) is 5.32 Å². The van der Waals surface area contributed by atoms with Crippen LogP contribution in [0.25, 0.3) is 0 Å². The summed E-state index contributed by atoms with van der Waals surface area (Å²) >= 11 is 0. The summed E-state index contributed by atoms with van der Waals surface area (Å²) in [5.41, 5.74) is 13.8. The quantitative estimate of drug-likeness (QED) is 0.0561. The zero-order chi connectivity index (χ0) is 48.2. The predicted molar refractivity (Wildman–Crippen MR) is 278 cm³/mol. The van der Waals surface area contributed by atoms with E-state index in [1.54, 1.807) is 0 Å². The maximum Gasteiger partial charge on any atom is 0.328 e. The highest BCUT2D eigenvalue weighted by Crippen LogP contribution is 2.18. The SMILES string of the molecule is COC(=O)C(Cc1ccccc1)NC(=O)CCC(=O)OC/C=C(\C)CC/C=C(\C)CC/C=C(\C)CC/C=C(\C)CC/C=C(\C)CC/C=C(\C)CC/C=C(\C)CC/C=C(\C)CCC=C(C)C. The number of methoxy groups -OCH3 is 1. The molecule has 6 nitrogen and oxygen atoms in total. The van der Waals surface area contributed by atoms with Gasteiger partial charge in [-0.05, 0) is 184 Å². The molecule has 1 amide bonds. The van der Waals surface area contributed by atoms with Gasteiger partial charge in [-0.3, -0.25) is 9.59 Å². The summed E-state index contributed by atoms with van der Waals surface area (Å²) in [6.07, 6.45) is 39.0. The monoisotopic (exact) mass is 892 g/mol. The van der Waals surface area contributed by atoms with E-state index < -0.39 is 23.9 Å². The van der Waals surface area contributed by atoms with Crippen LogP contribution < -0.4 is 5.32 Å². The van der Waals surface area contributed by atoms with Gasteiger partial charge < -0.3 is 14.8 Å². The molecular formula is C59H89NO5. The Morgan fingerprint density at radius 2 is 0.800 bits per heavy atom. The zero-order valence-corrected chi connectivity index (χ0v) is 42.8. The van der Waals surface area contributed by atoms with Gasteiger partial charge in [0.15, 0.2) is 0 Å². The fourth-order valence-corrected chi connectivity index (χ4v) is 7.25. The van der Waals surface area contributed by atoms with E-state index in [2.05, 4.69) is 116 Å². The summed E-state index contributed by atoms with van der Waals surface area (Å²) in [6.45, 7) is 22.4. The van der Waals surface area contributed by atoms with Crippen LogP contribution >= 0.6 is 0 Å². The number of ether oxygens (including phenoxy) is 2. The maximum absolute atomic E-state index is 12.5. The highest BCUT2D eigenvalue weighted by Gasteiger charge is 2.22. The fourth-order valence-electron chi connectivity index (χ4n) is 7.25. The van der Waals surface area contributed by atoms with Gasteiger partial charge in [0.1, 0.15) is 12.6 Å². The molecule has 0 heterocycles. The van der Waals surface area contributed by atoms with Gasteiger partial charge in [-0.25, -0.2) is 4.79 Å². The highest BCUT2D eigenvalue weighted by molar-refractivity contribution is 5.86. The standard InChI is InChI=1S/C59H89NO5/c1-46(2)23-15-24-47(3)25-16-26-48(4)27-17-28-49(5)29-18-30-50(6)31-19-32-51(7)33-20-34-52(8)35-21-36-53(9)37-22-38-54(10)43-44-65-58(62)42-41-57(61)60-56(59(63)64-11)45-55-39-13-12-14-40-55/h12-14,23,25,27,29,31,33,35,37,39-40,43,56H,15-22,24,26,28,30,32,34,36,38,41-42,44-45H2,1-11H3,(H,60,61)/b47-25+,48-27+,49-29+,50-31+,51-33+,52-35+,53-37+,54-43+.